The Morgan fingerprint density at radius 2 is 1.78 bits per heavy atom. The molecule has 0 aromatic heterocycles. The average Bonchev–Trinajstić information content (AvgIpc) is 2.40. The van der Waals surface area contributed by atoms with E-state index in [-0.39, 0.29) is 5.57 Å². The van der Waals surface area contributed by atoms with E-state index in [0.717, 1.165) is 6.54 Å². The second kappa shape index (κ2) is 13.2. The van der Waals surface area contributed by atoms with Gasteiger partial charge < -0.3 is 10.4 Å². The standard InChI is InChI=1S/C8H8.C4H6O2.C3H9N/c1-2-8-6-4-3-5-7-8;1-3(2)4(5)6;1-3-4-2/h2-7H,1H2;1H2,2H3,(H,5,6);4H,3H2,1-2H3. The van der Waals surface area contributed by atoms with Gasteiger partial charge in [-0.05, 0) is 26.1 Å². The lowest BCUT2D eigenvalue weighted by Gasteiger charge is -1.85. The molecular weight excluding hydrogens is 226 g/mol. The van der Waals surface area contributed by atoms with Crippen molar-refractivity contribution in [3.8, 4) is 0 Å². The van der Waals surface area contributed by atoms with Crippen LogP contribution >= 0.6 is 0 Å². The predicted octanol–water partition coefficient (Wildman–Crippen LogP) is 3.20. The zero-order chi connectivity index (χ0) is 14.4. The van der Waals surface area contributed by atoms with Crippen molar-refractivity contribution in [1.82, 2.24) is 5.32 Å². The van der Waals surface area contributed by atoms with Crippen molar-refractivity contribution in [2.45, 2.75) is 13.8 Å². The molecule has 3 nitrogen and oxygen atoms in total. The zero-order valence-electron chi connectivity index (χ0n) is 11.4. The average molecular weight is 249 g/mol. The van der Waals surface area contributed by atoms with Crippen LogP contribution in [0.25, 0.3) is 6.08 Å². The number of rotatable bonds is 3. The Morgan fingerprint density at radius 1 is 1.39 bits per heavy atom. The Bertz CT molecular complexity index is 331. The van der Waals surface area contributed by atoms with E-state index in [1.54, 1.807) is 0 Å². The first-order chi connectivity index (χ1) is 8.49. The summed E-state index contributed by atoms with van der Waals surface area (Å²) in [6.45, 7) is 11.4. The molecule has 0 unspecified atom stereocenters. The molecule has 3 heteroatoms. The van der Waals surface area contributed by atoms with Gasteiger partial charge in [0.1, 0.15) is 0 Å². The van der Waals surface area contributed by atoms with Gasteiger partial charge in [-0.2, -0.15) is 0 Å². The van der Waals surface area contributed by atoms with Crippen molar-refractivity contribution in [3.05, 3.63) is 54.6 Å². The minimum Gasteiger partial charge on any atom is -0.478 e. The van der Waals surface area contributed by atoms with E-state index in [4.69, 9.17) is 5.11 Å². The van der Waals surface area contributed by atoms with E-state index in [2.05, 4.69) is 25.4 Å². The van der Waals surface area contributed by atoms with Gasteiger partial charge >= 0.3 is 5.97 Å². The number of carboxylic acid groups (broad SMARTS) is 1. The highest BCUT2D eigenvalue weighted by Crippen LogP contribution is 1.97. The first-order valence-corrected chi connectivity index (χ1v) is 5.70. The monoisotopic (exact) mass is 249 g/mol. The molecule has 0 heterocycles. The normalized spacial score (nSPS) is 7.94. The van der Waals surface area contributed by atoms with Crippen LogP contribution < -0.4 is 5.32 Å². The van der Waals surface area contributed by atoms with Gasteiger partial charge in [0.15, 0.2) is 0 Å². The molecule has 0 fully saturated rings. The summed E-state index contributed by atoms with van der Waals surface area (Å²) in [5, 5.41) is 10.8. The van der Waals surface area contributed by atoms with Crippen LogP contribution in [0.4, 0.5) is 0 Å². The molecular formula is C15H23NO2. The van der Waals surface area contributed by atoms with Gasteiger partial charge in [0.05, 0.1) is 0 Å². The lowest BCUT2D eigenvalue weighted by Crippen LogP contribution is -2.01. The molecule has 0 aliphatic carbocycles. The van der Waals surface area contributed by atoms with Crippen LogP contribution in [0.2, 0.25) is 0 Å². The molecule has 1 aromatic rings. The summed E-state index contributed by atoms with van der Waals surface area (Å²) in [5.41, 5.74) is 1.35. The number of hydrogen-bond donors (Lipinski definition) is 2. The summed E-state index contributed by atoms with van der Waals surface area (Å²) in [5.74, 6) is -0.935. The number of carbonyl (C=O) groups is 1. The van der Waals surface area contributed by atoms with E-state index >= 15 is 0 Å². The smallest absolute Gasteiger partial charge is 0.330 e. The van der Waals surface area contributed by atoms with Gasteiger partial charge in [-0.3, -0.25) is 0 Å². The highest BCUT2D eigenvalue weighted by Gasteiger charge is 1.90. The zero-order valence-corrected chi connectivity index (χ0v) is 11.4. The third-order valence-corrected chi connectivity index (χ3v) is 1.75. The summed E-state index contributed by atoms with van der Waals surface area (Å²) in [6.07, 6.45) is 1.83. The molecule has 0 amide bonds. The van der Waals surface area contributed by atoms with E-state index in [1.807, 2.05) is 43.5 Å². The van der Waals surface area contributed by atoms with Crippen molar-refractivity contribution in [2.75, 3.05) is 13.6 Å². The van der Waals surface area contributed by atoms with E-state index < -0.39 is 5.97 Å². The minimum absolute atomic E-state index is 0.176. The van der Waals surface area contributed by atoms with Crippen LogP contribution in [0, 0.1) is 0 Å². The second-order valence-corrected chi connectivity index (χ2v) is 3.41. The Morgan fingerprint density at radius 3 is 1.94 bits per heavy atom. The highest BCUT2D eigenvalue weighted by molar-refractivity contribution is 5.84. The fourth-order valence-corrected chi connectivity index (χ4v) is 0.589. The molecule has 0 saturated carbocycles. The largest absolute Gasteiger partial charge is 0.478 e. The van der Waals surface area contributed by atoms with Crippen LogP contribution in [0.15, 0.2) is 49.1 Å². The molecule has 18 heavy (non-hydrogen) atoms. The maximum absolute atomic E-state index is 9.60. The highest BCUT2D eigenvalue weighted by atomic mass is 16.4. The lowest BCUT2D eigenvalue weighted by atomic mass is 10.2. The van der Waals surface area contributed by atoms with Crippen LogP contribution in [0.5, 0.6) is 0 Å². The summed E-state index contributed by atoms with van der Waals surface area (Å²) >= 11 is 0. The molecule has 0 aliphatic heterocycles. The molecule has 0 atom stereocenters. The van der Waals surface area contributed by atoms with E-state index in [0.29, 0.717) is 0 Å². The van der Waals surface area contributed by atoms with E-state index in [9.17, 15) is 4.79 Å². The van der Waals surface area contributed by atoms with Gasteiger partial charge in [0.25, 0.3) is 0 Å². The third-order valence-electron chi connectivity index (χ3n) is 1.75. The lowest BCUT2D eigenvalue weighted by molar-refractivity contribution is -0.132. The quantitative estimate of drug-likeness (QED) is 0.809. The Labute approximate surface area is 110 Å². The summed E-state index contributed by atoms with van der Waals surface area (Å²) in [4.78, 5) is 9.60. The molecule has 100 valence electrons. The third kappa shape index (κ3) is 14.1. The van der Waals surface area contributed by atoms with Crippen molar-refractivity contribution in [2.24, 2.45) is 0 Å². The summed E-state index contributed by atoms with van der Waals surface area (Å²) in [6, 6.07) is 10.0. The van der Waals surface area contributed by atoms with Gasteiger partial charge in [-0.1, -0.05) is 56.5 Å². The van der Waals surface area contributed by atoms with Gasteiger partial charge in [-0.25, -0.2) is 4.79 Å². The first kappa shape index (κ1) is 18.5. The molecule has 0 radical (unpaired) electrons. The number of hydrogen-bond acceptors (Lipinski definition) is 2. The molecule has 1 rings (SSSR count). The van der Waals surface area contributed by atoms with Crippen molar-refractivity contribution >= 4 is 12.0 Å². The Kier molecular flexibility index (Phi) is 13.6. The van der Waals surface area contributed by atoms with Gasteiger partial charge in [0.2, 0.25) is 0 Å². The SMILES string of the molecule is C=C(C)C(=O)O.C=Cc1ccccc1.CCNC. The molecule has 2 N–H and O–H groups in total. The number of carboxylic acids is 1. The fourth-order valence-electron chi connectivity index (χ4n) is 0.589. The number of benzene rings is 1. The molecule has 0 spiro atoms. The Hall–Kier alpha value is -1.87. The van der Waals surface area contributed by atoms with Crippen LogP contribution in [0.3, 0.4) is 0 Å². The summed E-state index contributed by atoms with van der Waals surface area (Å²) < 4.78 is 0. The number of aliphatic carboxylic acids is 1. The van der Waals surface area contributed by atoms with Gasteiger partial charge in [-0.15, -0.1) is 0 Å². The first-order valence-electron chi connectivity index (χ1n) is 5.70. The van der Waals surface area contributed by atoms with Crippen molar-refractivity contribution < 1.29 is 9.90 Å². The van der Waals surface area contributed by atoms with Crippen molar-refractivity contribution in [1.29, 1.82) is 0 Å². The van der Waals surface area contributed by atoms with Crippen LogP contribution in [-0.4, -0.2) is 24.7 Å². The fraction of sp³-hybridized carbons (Fsp3) is 0.267. The number of nitrogens with one attached hydrogen (secondary N) is 1. The van der Waals surface area contributed by atoms with Crippen LogP contribution in [0.1, 0.15) is 19.4 Å². The second-order valence-electron chi connectivity index (χ2n) is 3.41. The maximum Gasteiger partial charge on any atom is 0.330 e. The topological polar surface area (TPSA) is 49.3 Å². The Balaban J connectivity index is 0. The van der Waals surface area contributed by atoms with E-state index in [1.165, 1.54) is 12.5 Å². The van der Waals surface area contributed by atoms with Gasteiger partial charge in [0, 0.05) is 5.57 Å². The minimum atomic E-state index is -0.935. The molecule has 1 aromatic carbocycles. The molecule has 0 bridgehead atoms. The predicted molar refractivity (Wildman–Crippen MR) is 78.6 cm³/mol. The molecule has 0 aliphatic rings. The summed E-state index contributed by atoms with van der Waals surface area (Å²) in [7, 11) is 1.93. The molecule has 0 saturated heterocycles. The maximum atomic E-state index is 9.60. The van der Waals surface area contributed by atoms with Crippen molar-refractivity contribution in [3.63, 3.8) is 0 Å². The van der Waals surface area contributed by atoms with Crippen LogP contribution in [-0.2, 0) is 4.79 Å².